The first-order valence-corrected chi connectivity index (χ1v) is 15.0. The van der Waals surface area contributed by atoms with E-state index in [1.807, 2.05) is 0 Å². The van der Waals surface area contributed by atoms with Gasteiger partial charge in [-0.25, -0.2) is 0 Å². The topological polar surface area (TPSA) is 0 Å². The lowest BCUT2D eigenvalue weighted by atomic mass is 10.1. The van der Waals surface area contributed by atoms with E-state index in [1.165, 1.54) is 164 Å². The van der Waals surface area contributed by atoms with Crippen molar-refractivity contribution in [2.24, 2.45) is 0 Å². The number of nitrogens with zero attached hydrogens (tertiary/aromatic N) is 2. The molecule has 0 unspecified atom stereocenters. The van der Waals surface area contributed by atoms with Crippen molar-refractivity contribution in [1.82, 2.24) is 0 Å². The molecule has 0 saturated carbocycles. The number of hydrogen-bond donors (Lipinski definition) is 0. The number of halogens is 2. The van der Waals surface area contributed by atoms with Gasteiger partial charge in [0.2, 0.25) is 0 Å². The Hall–Kier alpha value is 0.500. The van der Waals surface area contributed by atoms with E-state index in [4.69, 9.17) is 0 Å². The van der Waals surface area contributed by atoms with Crippen LogP contribution in [0.5, 0.6) is 0 Å². The maximum absolute atomic E-state index is 2.45. The Morgan fingerprint density at radius 1 is 0.294 bits per heavy atom. The minimum Gasteiger partial charge on any atom is -1.00 e. The Bertz CT molecular complexity index is 350. The van der Waals surface area contributed by atoms with Gasteiger partial charge in [-0.3, -0.25) is 0 Å². The Morgan fingerprint density at radius 3 is 0.676 bits per heavy atom. The molecule has 0 aliphatic carbocycles. The van der Waals surface area contributed by atoms with E-state index < -0.39 is 0 Å². The van der Waals surface area contributed by atoms with Gasteiger partial charge < -0.3 is 33.8 Å². The van der Waals surface area contributed by atoms with E-state index in [9.17, 15) is 0 Å². The summed E-state index contributed by atoms with van der Waals surface area (Å²) in [4.78, 5) is 0. The van der Waals surface area contributed by atoms with E-state index >= 15 is 0 Å². The molecule has 0 rings (SSSR count). The monoisotopic (exact) mass is 524 g/mol. The predicted molar refractivity (Wildman–Crippen MR) is 147 cm³/mol. The Morgan fingerprint density at radius 2 is 0.471 bits per heavy atom. The quantitative estimate of drug-likeness (QED) is 0.127. The zero-order valence-corrected chi connectivity index (χ0v) is 26.1. The molecule has 4 heteroatoms. The van der Waals surface area contributed by atoms with Gasteiger partial charge in [-0.15, -0.1) is 0 Å². The van der Waals surface area contributed by atoms with E-state index in [0.717, 1.165) is 0 Å². The Kier molecular flexibility index (Phi) is 30.5. The Labute approximate surface area is 230 Å². The van der Waals surface area contributed by atoms with Crippen LogP contribution in [-0.2, 0) is 0 Å². The molecule has 0 aliphatic heterocycles. The number of hydrogen-bond acceptors (Lipinski definition) is 0. The molecule has 0 saturated heterocycles. The van der Waals surface area contributed by atoms with Gasteiger partial charge in [0.25, 0.3) is 0 Å². The average Bonchev–Trinajstić information content (AvgIpc) is 2.74. The summed E-state index contributed by atoms with van der Waals surface area (Å²) in [6.45, 7) is 10.1. The summed E-state index contributed by atoms with van der Waals surface area (Å²) in [6, 6.07) is 0. The minimum absolute atomic E-state index is 0. The van der Waals surface area contributed by atoms with Crippen LogP contribution < -0.4 is 24.8 Å². The van der Waals surface area contributed by atoms with Crippen molar-refractivity contribution < 1.29 is 33.8 Å². The van der Waals surface area contributed by atoms with Crippen molar-refractivity contribution in [2.75, 3.05) is 54.4 Å². The van der Waals surface area contributed by atoms with Gasteiger partial charge in [0.1, 0.15) is 0 Å². The molecule has 0 spiro atoms. The van der Waals surface area contributed by atoms with Gasteiger partial charge in [0.15, 0.2) is 0 Å². The van der Waals surface area contributed by atoms with Crippen molar-refractivity contribution in [3.05, 3.63) is 0 Å². The molecule has 0 radical (unpaired) electrons. The molecule has 0 aromatic heterocycles. The van der Waals surface area contributed by atoms with E-state index in [2.05, 4.69) is 42.0 Å². The molecule has 0 aromatic rings. The molecule has 0 atom stereocenters. The number of rotatable bonds is 25. The molecule has 0 bridgehead atoms. The fourth-order valence-corrected chi connectivity index (χ4v) is 5.00. The lowest BCUT2D eigenvalue weighted by Gasteiger charge is -2.31. The summed E-state index contributed by atoms with van der Waals surface area (Å²) in [5, 5.41) is 0. The van der Waals surface area contributed by atoms with Gasteiger partial charge in [-0.1, -0.05) is 90.9 Å². The predicted octanol–water partition coefficient (Wildman–Crippen LogP) is 2.99. The molecule has 210 valence electrons. The lowest BCUT2D eigenvalue weighted by Crippen LogP contribution is -3.00. The Balaban J connectivity index is -0.00000480. The maximum Gasteiger partial charge on any atom is 0.0782 e. The summed E-state index contributed by atoms with van der Waals surface area (Å²) in [5.74, 6) is 0. The molecule has 0 fully saturated rings. The second kappa shape index (κ2) is 26.6. The van der Waals surface area contributed by atoms with Crippen molar-refractivity contribution in [3.63, 3.8) is 0 Å². The van der Waals surface area contributed by atoms with Crippen molar-refractivity contribution in [3.8, 4) is 0 Å². The molecule has 0 heterocycles. The van der Waals surface area contributed by atoms with E-state index in [0.29, 0.717) is 0 Å². The van der Waals surface area contributed by atoms with Crippen LogP contribution >= 0.6 is 0 Å². The first-order chi connectivity index (χ1) is 15.3. The zero-order valence-electron chi connectivity index (χ0n) is 24.6. The number of quaternary nitrogens is 2. The van der Waals surface area contributed by atoms with Crippen LogP contribution in [0.15, 0.2) is 0 Å². The highest BCUT2D eigenvalue weighted by molar-refractivity contribution is 4.49. The van der Waals surface area contributed by atoms with Crippen LogP contribution in [0.1, 0.15) is 142 Å². The molecule has 0 aromatic carbocycles. The molecular formula is C30H66Cl2N2. The molecule has 34 heavy (non-hydrogen) atoms. The second-order valence-corrected chi connectivity index (χ2v) is 12.1. The zero-order chi connectivity index (χ0) is 24.0. The van der Waals surface area contributed by atoms with E-state index in [-0.39, 0.29) is 24.8 Å². The first-order valence-electron chi connectivity index (χ1n) is 15.0. The van der Waals surface area contributed by atoms with Crippen LogP contribution in [0.4, 0.5) is 0 Å². The summed E-state index contributed by atoms with van der Waals surface area (Å²) in [7, 11) is 9.80. The fourth-order valence-electron chi connectivity index (χ4n) is 5.00. The second-order valence-electron chi connectivity index (χ2n) is 12.1. The third-order valence-electron chi connectivity index (χ3n) is 7.51. The standard InChI is InChI=1S/C30H66N2.2ClH/c1-7-9-11-13-15-17-19-23-27-31(3,4)29-25-21-22-26-30-32(5,6)28-24-20-18-16-14-12-10-8-2;;/h7-30H2,1-6H3;2*1H/q+2;;/p-2. The largest absolute Gasteiger partial charge is 1.00 e. The SMILES string of the molecule is CCCCCCCCCC[N+](C)(C)CCCCCC[N+](C)(C)CCCCCCCCCC.[Cl-].[Cl-]. The number of unbranched alkanes of at least 4 members (excludes halogenated alkanes) is 17. The highest BCUT2D eigenvalue weighted by atomic mass is 35.5. The average molecular weight is 526 g/mol. The van der Waals surface area contributed by atoms with Gasteiger partial charge in [0, 0.05) is 0 Å². The van der Waals surface area contributed by atoms with Crippen LogP contribution in [0.25, 0.3) is 0 Å². The summed E-state index contributed by atoms with van der Waals surface area (Å²) in [6.07, 6.45) is 28.6. The van der Waals surface area contributed by atoms with Gasteiger partial charge in [-0.2, -0.15) is 0 Å². The van der Waals surface area contributed by atoms with Gasteiger partial charge in [0.05, 0.1) is 54.4 Å². The molecule has 0 aliphatic rings. The molecule has 0 N–H and O–H groups in total. The van der Waals surface area contributed by atoms with Gasteiger partial charge >= 0.3 is 0 Å². The minimum atomic E-state index is 0. The van der Waals surface area contributed by atoms with Crippen LogP contribution in [0.2, 0.25) is 0 Å². The van der Waals surface area contributed by atoms with Crippen LogP contribution in [-0.4, -0.2) is 63.3 Å². The lowest BCUT2D eigenvalue weighted by molar-refractivity contribution is -0.891. The first kappa shape index (κ1) is 39.0. The third-order valence-corrected chi connectivity index (χ3v) is 7.51. The normalized spacial score (nSPS) is 11.8. The van der Waals surface area contributed by atoms with E-state index in [1.54, 1.807) is 0 Å². The molecule has 0 amide bonds. The van der Waals surface area contributed by atoms with Crippen molar-refractivity contribution >= 4 is 0 Å². The van der Waals surface area contributed by atoms with Crippen molar-refractivity contribution in [2.45, 2.75) is 142 Å². The van der Waals surface area contributed by atoms with Crippen LogP contribution in [0.3, 0.4) is 0 Å². The molecule has 2 nitrogen and oxygen atoms in total. The smallest absolute Gasteiger partial charge is 0.0782 e. The summed E-state index contributed by atoms with van der Waals surface area (Å²) < 4.78 is 2.46. The summed E-state index contributed by atoms with van der Waals surface area (Å²) in [5.41, 5.74) is 0. The fraction of sp³-hybridized carbons (Fsp3) is 1.00. The van der Waals surface area contributed by atoms with Crippen molar-refractivity contribution in [1.29, 1.82) is 0 Å². The summed E-state index contributed by atoms with van der Waals surface area (Å²) >= 11 is 0. The molecular weight excluding hydrogens is 459 g/mol. The maximum atomic E-state index is 2.45. The highest BCUT2D eigenvalue weighted by Gasteiger charge is 2.15. The van der Waals surface area contributed by atoms with Crippen LogP contribution in [0, 0.1) is 0 Å². The highest BCUT2D eigenvalue weighted by Crippen LogP contribution is 2.14. The van der Waals surface area contributed by atoms with Gasteiger partial charge in [-0.05, 0) is 51.4 Å². The third kappa shape index (κ3) is 28.7.